The minimum atomic E-state index is -0.998. The average Bonchev–Trinajstić information content (AvgIpc) is 2.91. The van der Waals surface area contributed by atoms with Crippen LogP contribution in [0.15, 0.2) is 0 Å². The van der Waals surface area contributed by atoms with Crippen LogP contribution in [0.3, 0.4) is 0 Å². The molecule has 5 N–H and O–H groups in total. The summed E-state index contributed by atoms with van der Waals surface area (Å²) in [7, 11) is 0. The minimum Gasteiger partial charge on any atom is -0.393 e. The van der Waals surface area contributed by atoms with Crippen molar-refractivity contribution in [2.45, 2.75) is 89.7 Å². The third-order valence-electron chi connectivity index (χ3n) is 6.11. The molecule has 1 aliphatic carbocycles. The Morgan fingerprint density at radius 2 is 1.08 bits per heavy atom. The second kappa shape index (κ2) is 19.7. The molecule has 0 unspecified atom stereocenters. The third-order valence-corrected chi connectivity index (χ3v) is 6.11. The van der Waals surface area contributed by atoms with Gasteiger partial charge < -0.3 is 26.4 Å². The maximum Gasteiger partial charge on any atom is 0.223 e. The van der Waals surface area contributed by atoms with E-state index in [1.165, 1.54) is 0 Å². The highest BCUT2D eigenvalue weighted by Crippen LogP contribution is 2.30. The van der Waals surface area contributed by atoms with Crippen LogP contribution in [0.4, 0.5) is 0 Å². The Bertz CT molecular complexity index is 774. The topological polar surface area (TPSA) is 137 Å². The largest absolute Gasteiger partial charge is 0.393 e. The second-order valence-corrected chi connectivity index (χ2v) is 8.72. The van der Waals surface area contributed by atoms with Crippen LogP contribution in [-0.4, -0.2) is 60.0 Å². The maximum absolute atomic E-state index is 13.2. The Balaban J connectivity index is 0.00000631. The average molecular weight is 515 g/mol. The van der Waals surface area contributed by atoms with E-state index in [1.54, 1.807) is 0 Å². The molecule has 0 aromatic heterocycles. The van der Waals surface area contributed by atoms with Crippen LogP contribution in [0, 0.1) is 42.9 Å². The summed E-state index contributed by atoms with van der Waals surface area (Å²) in [5.41, 5.74) is -0.998. The van der Waals surface area contributed by atoms with Gasteiger partial charge in [-0.1, -0.05) is 31.6 Å². The Kier molecular flexibility index (Phi) is 17.8. The first-order chi connectivity index (χ1) is 17.7. The van der Waals surface area contributed by atoms with Gasteiger partial charge >= 0.3 is 0 Å². The van der Waals surface area contributed by atoms with Crippen LogP contribution in [0.25, 0.3) is 0 Å². The zero-order valence-electron chi connectivity index (χ0n) is 22.2. The van der Waals surface area contributed by atoms with Gasteiger partial charge in [0.25, 0.3) is 0 Å². The quantitative estimate of drug-likeness (QED) is 0.220. The molecule has 0 radical (unpaired) electrons. The van der Waals surface area contributed by atoms with Crippen molar-refractivity contribution in [3.63, 3.8) is 0 Å². The number of rotatable bonds is 14. The van der Waals surface area contributed by atoms with E-state index >= 15 is 0 Å². The minimum absolute atomic E-state index is 0.0449. The van der Waals surface area contributed by atoms with Crippen molar-refractivity contribution in [1.29, 1.82) is 0 Å². The Morgan fingerprint density at radius 3 is 1.41 bits per heavy atom. The second-order valence-electron chi connectivity index (χ2n) is 8.72. The van der Waals surface area contributed by atoms with Crippen molar-refractivity contribution in [2.24, 2.45) is 5.92 Å². The Morgan fingerprint density at radius 1 is 0.730 bits per heavy atom. The summed E-state index contributed by atoms with van der Waals surface area (Å²) in [4.78, 5) is 50.0. The van der Waals surface area contributed by atoms with Crippen LogP contribution >= 0.6 is 0 Å². The molecule has 4 amide bonds. The predicted molar refractivity (Wildman–Crippen MR) is 143 cm³/mol. The number of hydrogen-bond acceptors (Lipinski definition) is 5. The van der Waals surface area contributed by atoms with E-state index in [0.717, 1.165) is 0 Å². The molecule has 9 nitrogen and oxygen atoms in total. The number of aliphatic hydroxyl groups is 1. The molecule has 0 aromatic carbocycles. The summed E-state index contributed by atoms with van der Waals surface area (Å²) < 4.78 is 0. The lowest BCUT2D eigenvalue weighted by Crippen LogP contribution is -2.52. The van der Waals surface area contributed by atoms with E-state index in [-0.39, 0.29) is 87.7 Å². The maximum atomic E-state index is 13.2. The van der Waals surface area contributed by atoms with Crippen molar-refractivity contribution in [3.8, 4) is 37.0 Å². The molecule has 0 aliphatic heterocycles. The van der Waals surface area contributed by atoms with Gasteiger partial charge in [0.05, 0.1) is 25.7 Å². The van der Waals surface area contributed by atoms with Gasteiger partial charge in [0.2, 0.25) is 23.6 Å². The fourth-order valence-electron chi connectivity index (χ4n) is 4.04. The van der Waals surface area contributed by atoms with Gasteiger partial charge in [-0.3, -0.25) is 19.2 Å². The molecule has 204 valence electrons. The molecule has 0 heterocycles. The number of hydrogen-bond donors (Lipinski definition) is 5. The smallest absolute Gasteiger partial charge is 0.223 e. The number of terminal acetylenes is 3. The summed E-state index contributed by atoms with van der Waals surface area (Å²) in [6, 6.07) is 0. The van der Waals surface area contributed by atoms with E-state index in [2.05, 4.69) is 39.0 Å². The summed E-state index contributed by atoms with van der Waals surface area (Å²) in [6.07, 6.45) is 18.1. The fraction of sp³-hybridized carbons (Fsp3) is 0.643. The molecule has 9 heteroatoms. The van der Waals surface area contributed by atoms with Crippen molar-refractivity contribution in [3.05, 3.63) is 0 Å². The van der Waals surface area contributed by atoms with Gasteiger partial charge in [0, 0.05) is 30.7 Å². The summed E-state index contributed by atoms with van der Waals surface area (Å²) in [6.45, 7) is 4.22. The normalized spacial score (nSPS) is 16.3. The van der Waals surface area contributed by atoms with Crippen LogP contribution in [0.1, 0.15) is 78.1 Å². The molecule has 0 spiro atoms. The zero-order valence-corrected chi connectivity index (χ0v) is 22.2. The first-order valence-electron chi connectivity index (χ1n) is 12.9. The molecule has 1 rings (SSSR count). The summed E-state index contributed by atoms with van der Waals surface area (Å²) in [5, 5.41) is 20.6. The highest BCUT2D eigenvalue weighted by Gasteiger charge is 2.36. The Hall–Kier alpha value is -3.48. The standard InChI is InChI=1S/C26H36N4O5.C2H6/c1-4-17-27-22(32)11-14-26(15-12-23(33)28-18-5-2,16-13-24(34)29-19-6-3)30-25(35)20-7-9-21(31)10-8-20;1-2/h1-3,20-21,31H,7-19H2,(H,27,32)(H,28,33)(H,29,34)(H,30,35);1-2H3. The Labute approximate surface area is 221 Å². The number of nitrogens with one attached hydrogen (secondary N) is 4. The molecule has 37 heavy (non-hydrogen) atoms. The molecule has 1 saturated carbocycles. The predicted octanol–water partition coefficient (Wildman–Crippen LogP) is 1.01. The zero-order chi connectivity index (χ0) is 28.1. The van der Waals surface area contributed by atoms with Crippen molar-refractivity contribution in [1.82, 2.24) is 21.3 Å². The van der Waals surface area contributed by atoms with E-state index in [4.69, 9.17) is 19.3 Å². The molecular formula is C28H42N4O5. The molecule has 0 bridgehead atoms. The number of carbonyl (C=O) groups is 4. The molecule has 1 fully saturated rings. The van der Waals surface area contributed by atoms with Crippen LogP contribution in [-0.2, 0) is 19.2 Å². The van der Waals surface area contributed by atoms with Crippen molar-refractivity contribution < 1.29 is 24.3 Å². The lowest BCUT2D eigenvalue weighted by Gasteiger charge is -2.37. The van der Waals surface area contributed by atoms with Crippen molar-refractivity contribution >= 4 is 23.6 Å². The van der Waals surface area contributed by atoms with Gasteiger partial charge in [-0.05, 0) is 44.9 Å². The monoisotopic (exact) mass is 514 g/mol. The van der Waals surface area contributed by atoms with Crippen molar-refractivity contribution in [2.75, 3.05) is 19.6 Å². The van der Waals surface area contributed by atoms with Gasteiger partial charge in [-0.15, -0.1) is 19.3 Å². The van der Waals surface area contributed by atoms with Gasteiger partial charge in [0.15, 0.2) is 0 Å². The highest BCUT2D eigenvalue weighted by atomic mass is 16.3. The summed E-state index contributed by atoms with van der Waals surface area (Å²) in [5.74, 6) is 5.61. The van der Waals surface area contributed by atoms with E-state index in [9.17, 15) is 24.3 Å². The molecule has 0 saturated heterocycles. The van der Waals surface area contributed by atoms with Crippen LogP contribution in [0.5, 0.6) is 0 Å². The van der Waals surface area contributed by atoms with E-state index in [0.29, 0.717) is 25.7 Å². The van der Waals surface area contributed by atoms with Gasteiger partial charge in [-0.25, -0.2) is 0 Å². The van der Waals surface area contributed by atoms with Gasteiger partial charge in [-0.2, -0.15) is 0 Å². The molecule has 0 aromatic rings. The number of aliphatic hydroxyl groups excluding tert-OH is 1. The fourth-order valence-corrected chi connectivity index (χ4v) is 4.04. The lowest BCUT2D eigenvalue weighted by atomic mass is 9.81. The lowest BCUT2D eigenvalue weighted by molar-refractivity contribution is -0.131. The number of carbonyl (C=O) groups excluding carboxylic acids is 4. The molecular weight excluding hydrogens is 472 g/mol. The SMILES string of the molecule is C#CCNC(=O)CCC(CCC(=O)NCC#C)(CCC(=O)NCC#C)NC(=O)C1CCC(O)CC1.CC. The third kappa shape index (κ3) is 14.6. The van der Waals surface area contributed by atoms with Gasteiger partial charge in [0.1, 0.15) is 0 Å². The van der Waals surface area contributed by atoms with E-state index in [1.807, 2.05) is 13.8 Å². The first kappa shape index (κ1) is 33.5. The molecule has 1 aliphatic rings. The van der Waals surface area contributed by atoms with Crippen LogP contribution < -0.4 is 21.3 Å². The number of amides is 4. The highest BCUT2D eigenvalue weighted by molar-refractivity contribution is 5.81. The van der Waals surface area contributed by atoms with E-state index < -0.39 is 11.6 Å². The molecule has 0 atom stereocenters. The first-order valence-corrected chi connectivity index (χ1v) is 12.9. The summed E-state index contributed by atoms with van der Waals surface area (Å²) >= 11 is 0. The van der Waals surface area contributed by atoms with Crippen LogP contribution in [0.2, 0.25) is 0 Å².